The lowest BCUT2D eigenvalue weighted by atomic mass is 10.0. The van der Waals surface area contributed by atoms with E-state index >= 15 is 0 Å². The largest absolute Gasteiger partial charge is 0.396 e. The van der Waals surface area contributed by atoms with Gasteiger partial charge >= 0.3 is 0 Å². The third-order valence-corrected chi connectivity index (χ3v) is 3.72. The molecule has 1 fully saturated rings. The molecule has 2 aliphatic rings. The van der Waals surface area contributed by atoms with Crippen LogP contribution in [-0.2, 0) is 17.7 Å². The van der Waals surface area contributed by atoms with Crippen molar-refractivity contribution in [1.82, 2.24) is 9.55 Å². The highest BCUT2D eigenvalue weighted by Gasteiger charge is 2.24. The number of aliphatic hydroxyl groups is 1. The molecule has 3 rings (SSSR count). The Hall–Kier alpha value is -0.870. The van der Waals surface area contributed by atoms with Crippen molar-refractivity contribution in [2.75, 3.05) is 19.8 Å². The van der Waals surface area contributed by atoms with Crippen LogP contribution in [-0.4, -0.2) is 34.5 Å². The number of nitrogens with zero attached hydrogens (tertiary/aromatic N) is 2. The van der Waals surface area contributed by atoms with Gasteiger partial charge in [-0.2, -0.15) is 0 Å². The first-order valence-electron chi connectivity index (χ1n) is 6.11. The van der Waals surface area contributed by atoms with E-state index in [1.165, 1.54) is 11.5 Å². The van der Waals surface area contributed by atoms with E-state index in [0.717, 1.165) is 39.0 Å². The van der Waals surface area contributed by atoms with Crippen molar-refractivity contribution in [2.45, 2.75) is 31.7 Å². The average Bonchev–Trinajstić information content (AvgIpc) is 2.96. The second-order valence-corrected chi connectivity index (χ2v) is 4.88. The lowest BCUT2D eigenvalue weighted by Crippen LogP contribution is -2.22. The first-order chi connectivity index (χ1) is 7.86. The molecule has 0 amide bonds. The molecule has 4 nitrogen and oxygen atoms in total. The van der Waals surface area contributed by atoms with Crippen LogP contribution in [0.25, 0.3) is 0 Å². The quantitative estimate of drug-likeness (QED) is 0.810. The minimum Gasteiger partial charge on any atom is -0.396 e. The fraction of sp³-hybridized carbons (Fsp3) is 0.750. The van der Waals surface area contributed by atoms with Gasteiger partial charge in [0.05, 0.1) is 12.3 Å². The zero-order valence-corrected chi connectivity index (χ0v) is 9.43. The number of aliphatic hydroxyl groups excluding tert-OH is 1. The third kappa shape index (κ3) is 1.76. The van der Waals surface area contributed by atoms with Gasteiger partial charge in [-0.1, -0.05) is 0 Å². The van der Waals surface area contributed by atoms with Crippen molar-refractivity contribution in [2.24, 2.45) is 5.92 Å². The first-order valence-corrected chi connectivity index (χ1v) is 6.11. The summed E-state index contributed by atoms with van der Waals surface area (Å²) in [7, 11) is 0. The van der Waals surface area contributed by atoms with Crippen LogP contribution < -0.4 is 0 Å². The van der Waals surface area contributed by atoms with E-state index in [1.807, 2.05) is 0 Å². The molecule has 1 aromatic rings. The molecule has 2 aliphatic heterocycles. The van der Waals surface area contributed by atoms with Gasteiger partial charge in [0.1, 0.15) is 5.82 Å². The minimum atomic E-state index is 0.291. The Kier molecular flexibility index (Phi) is 2.69. The molecule has 0 saturated carbocycles. The first kappa shape index (κ1) is 10.3. The van der Waals surface area contributed by atoms with Crippen LogP contribution in [0.15, 0.2) is 6.20 Å². The van der Waals surface area contributed by atoms with Gasteiger partial charge in [0, 0.05) is 44.2 Å². The van der Waals surface area contributed by atoms with Gasteiger partial charge in [0.25, 0.3) is 0 Å². The molecule has 88 valence electrons. The van der Waals surface area contributed by atoms with Gasteiger partial charge in [0.2, 0.25) is 0 Å². The summed E-state index contributed by atoms with van der Waals surface area (Å²) in [4.78, 5) is 4.70. The Balaban J connectivity index is 1.80. The van der Waals surface area contributed by atoms with Crippen LogP contribution in [0.5, 0.6) is 0 Å². The summed E-state index contributed by atoms with van der Waals surface area (Å²) in [6, 6.07) is 0. The number of fused-ring (bicyclic) bond motifs is 1. The van der Waals surface area contributed by atoms with Crippen molar-refractivity contribution in [1.29, 1.82) is 0 Å². The predicted molar refractivity (Wildman–Crippen MR) is 59.3 cm³/mol. The fourth-order valence-corrected chi connectivity index (χ4v) is 2.65. The standard InChI is InChI=1S/C12H18N2O2/c15-7-9-1-2-12-13-11(6-14(12)5-9)10-3-4-16-8-10/h6,9-10,15H,1-5,7-8H2. The molecular formula is C12H18N2O2. The van der Waals surface area contributed by atoms with Crippen LogP contribution in [0.1, 0.15) is 30.3 Å². The molecule has 2 atom stereocenters. The molecule has 4 heteroatoms. The van der Waals surface area contributed by atoms with Gasteiger partial charge in [-0.25, -0.2) is 4.98 Å². The van der Waals surface area contributed by atoms with E-state index in [4.69, 9.17) is 9.72 Å². The van der Waals surface area contributed by atoms with E-state index in [1.54, 1.807) is 0 Å². The van der Waals surface area contributed by atoms with E-state index in [2.05, 4.69) is 10.8 Å². The van der Waals surface area contributed by atoms with E-state index < -0.39 is 0 Å². The molecule has 0 bridgehead atoms. The van der Waals surface area contributed by atoms with Crippen molar-refractivity contribution in [3.8, 4) is 0 Å². The molecule has 2 unspecified atom stereocenters. The van der Waals surface area contributed by atoms with Crippen molar-refractivity contribution in [3.05, 3.63) is 17.7 Å². The van der Waals surface area contributed by atoms with E-state index in [-0.39, 0.29) is 0 Å². The number of hydrogen-bond acceptors (Lipinski definition) is 3. The summed E-state index contributed by atoms with van der Waals surface area (Å²) in [5.41, 5.74) is 1.19. The maximum Gasteiger partial charge on any atom is 0.109 e. The van der Waals surface area contributed by atoms with Crippen molar-refractivity contribution in [3.63, 3.8) is 0 Å². The number of rotatable bonds is 2. The van der Waals surface area contributed by atoms with Gasteiger partial charge in [-0.3, -0.25) is 0 Å². The molecule has 1 aromatic heterocycles. The minimum absolute atomic E-state index is 0.291. The highest BCUT2D eigenvalue weighted by atomic mass is 16.5. The zero-order chi connectivity index (χ0) is 11.0. The zero-order valence-electron chi connectivity index (χ0n) is 9.43. The van der Waals surface area contributed by atoms with Gasteiger partial charge in [-0.15, -0.1) is 0 Å². The van der Waals surface area contributed by atoms with Crippen LogP contribution in [0.4, 0.5) is 0 Å². The molecule has 0 spiro atoms. The molecule has 1 N–H and O–H groups in total. The lowest BCUT2D eigenvalue weighted by molar-refractivity contribution is 0.190. The van der Waals surface area contributed by atoms with Gasteiger partial charge in [-0.05, 0) is 12.8 Å². The third-order valence-electron chi connectivity index (χ3n) is 3.72. The second-order valence-electron chi connectivity index (χ2n) is 4.88. The normalized spacial score (nSPS) is 29.3. The summed E-state index contributed by atoms with van der Waals surface area (Å²) in [5.74, 6) is 2.09. The maximum absolute atomic E-state index is 9.18. The Morgan fingerprint density at radius 1 is 1.50 bits per heavy atom. The predicted octanol–water partition coefficient (Wildman–Crippen LogP) is 0.942. The summed E-state index contributed by atoms with van der Waals surface area (Å²) in [6.07, 6.45) is 5.32. The summed E-state index contributed by atoms with van der Waals surface area (Å²) in [5, 5.41) is 9.18. The Labute approximate surface area is 95.3 Å². The van der Waals surface area contributed by atoms with Gasteiger partial charge in [0.15, 0.2) is 0 Å². The Morgan fingerprint density at radius 3 is 3.19 bits per heavy atom. The summed E-state index contributed by atoms with van der Waals surface area (Å²) in [6.45, 7) is 2.90. The monoisotopic (exact) mass is 222 g/mol. The number of ether oxygens (including phenoxy) is 1. The molecule has 0 radical (unpaired) electrons. The summed E-state index contributed by atoms with van der Waals surface area (Å²) >= 11 is 0. The van der Waals surface area contributed by atoms with Gasteiger partial charge < -0.3 is 14.4 Å². The van der Waals surface area contributed by atoms with Crippen LogP contribution in [0.2, 0.25) is 0 Å². The number of imidazole rings is 1. The maximum atomic E-state index is 9.18. The van der Waals surface area contributed by atoms with Crippen molar-refractivity contribution >= 4 is 0 Å². The SMILES string of the molecule is OCC1CCc2nc(C3CCOC3)cn2C1. The van der Waals surface area contributed by atoms with Crippen LogP contribution in [0, 0.1) is 5.92 Å². The molecule has 3 heterocycles. The van der Waals surface area contributed by atoms with Crippen LogP contribution in [0.3, 0.4) is 0 Å². The van der Waals surface area contributed by atoms with E-state index in [0.29, 0.717) is 18.4 Å². The molecular weight excluding hydrogens is 204 g/mol. The molecule has 16 heavy (non-hydrogen) atoms. The Morgan fingerprint density at radius 2 is 2.44 bits per heavy atom. The molecule has 0 aliphatic carbocycles. The number of aryl methyl sites for hydroxylation is 1. The van der Waals surface area contributed by atoms with E-state index in [9.17, 15) is 5.11 Å². The topological polar surface area (TPSA) is 47.3 Å². The average molecular weight is 222 g/mol. The molecule has 1 saturated heterocycles. The van der Waals surface area contributed by atoms with Crippen LogP contribution >= 0.6 is 0 Å². The molecule has 0 aromatic carbocycles. The number of hydrogen-bond donors (Lipinski definition) is 1. The number of aromatic nitrogens is 2. The fourth-order valence-electron chi connectivity index (χ4n) is 2.65. The van der Waals surface area contributed by atoms with Crippen molar-refractivity contribution < 1.29 is 9.84 Å². The second kappa shape index (κ2) is 4.18. The lowest BCUT2D eigenvalue weighted by Gasteiger charge is -2.21. The highest BCUT2D eigenvalue weighted by Crippen LogP contribution is 2.27. The highest BCUT2D eigenvalue weighted by molar-refractivity contribution is 5.12. The smallest absolute Gasteiger partial charge is 0.109 e. The Bertz CT molecular complexity index is 369. The summed E-state index contributed by atoms with van der Waals surface area (Å²) < 4.78 is 7.62.